The maximum absolute atomic E-state index is 11.1. The van der Waals surface area contributed by atoms with Crippen molar-refractivity contribution in [3.63, 3.8) is 0 Å². The lowest BCUT2D eigenvalue weighted by Crippen LogP contribution is -1.92. The average Bonchev–Trinajstić information content (AvgIpc) is 2.71. The topological polar surface area (TPSA) is 55.0 Å². The van der Waals surface area contributed by atoms with E-state index in [2.05, 4.69) is 10.2 Å². The Morgan fingerprint density at radius 1 is 1.40 bits per heavy atom. The number of hydrogen-bond acceptors (Lipinski definition) is 3. The molecule has 1 aromatic heterocycles. The number of carbonyl (C=O) groups excluding carboxylic acids is 1. The smallest absolute Gasteiger partial charge is 0.165 e. The Kier molecular flexibility index (Phi) is 2.49. The van der Waals surface area contributed by atoms with Crippen LogP contribution in [0.25, 0.3) is 0 Å². The Morgan fingerprint density at radius 2 is 2.27 bits per heavy atom. The van der Waals surface area contributed by atoms with E-state index in [-0.39, 0.29) is 5.78 Å². The summed E-state index contributed by atoms with van der Waals surface area (Å²) < 4.78 is 5.46. The summed E-state index contributed by atoms with van der Waals surface area (Å²) in [6.07, 6.45) is 3.21. The van der Waals surface area contributed by atoms with Crippen LogP contribution in [0.15, 0.2) is 36.7 Å². The molecule has 2 aromatic rings. The lowest BCUT2D eigenvalue weighted by Gasteiger charge is -2.03. The number of rotatable bonds is 3. The first-order valence-corrected chi connectivity index (χ1v) is 4.53. The van der Waals surface area contributed by atoms with Crippen molar-refractivity contribution in [1.29, 1.82) is 0 Å². The zero-order chi connectivity index (χ0) is 10.7. The number of H-pyrrole nitrogens is 1. The third kappa shape index (κ3) is 2.22. The van der Waals surface area contributed by atoms with Crippen molar-refractivity contribution < 1.29 is 9.53 Å². The van der Waals surface area contributed by atoms with Gasteiger partial charge in [-0.2, -0.15) is 5.10 Å². The Morgan fingerprint density at radius 3 is 2.93 bits per heavy atom. The van der Waals surface area contributed by atoms with Gasteiger partial charge in [0, 0.05) is 5.56 Å². The Hall–Kier alpha value is -2.10. The molecule has 1 heterocycles. The fraction of sp³-hybridized carbons (Fsp3) is 0.0909. The van der Waals surface area contributed by atoms with Gasteiger partial charge >= 0.3 is 0 Å². The van der Waals surface area contributed by atoms with Crippen LogP contribution >= 0.6 is 0 Å². The highest BCUT2D eigenvalue weighted by Gasteiger charge is 2.02. The predicted molar refractivity (Wildman–Crippen MR) is 55.1 cm³/mol. The average molecular weight is 202 g/mol. The van der Waals surface area contributed by atoms with E-state index in [9.17, 15) is 4.79 Å². The van der Waals surface area contributed by atoms with E-state index in [1.807, 2.05) is 0 Å². The molecule has 4 heteroatoms. The number of benzene rings is 1. The van der Waals surface area contributed by atoms with Gasteiger partial charge in [0.15, 0.2) is 11.5 Å². The van der Waals surface area contributed by atoms with Crippen molar-refractivity contribution in [3.8, 4) is 11.5 Å². The number of aromatic nitrogens is 2. The number of Topliss-reactive ketones (excluding diaryl/α,β-unsaturated/α-hetero) is 1. The second-order valence-electron chi connectivity index (χ2n) is 3.12. The highest BCUT2D eigenvalue weighted by molar-refractivity contribution is 5.94. The Bertz CT molecular complexity index is 463. The molecule has 1 aromatic carbocycles. The van der Waals surface area contributed by atoms with Crippen molar-refractivity contribution in [2.45, 2.75) is 6.92 Å². The fourth-order valence-electron chi connectivity index (χ4n) is 1.21. The van der Waals surface area contributed by atoms with Crippen molar-refractivity contribution in [2.75, 3.05) is 0 Å². The van der Waals surface area contributed by atoms with Crippen molar-refractivity contribution in [1.82, 2.24) is 10.2 Å². The van der Waals surface area contributed by atoms with E-state index in [0.717, 1.165) is 0 Å². The van der Waals surface area contributed by atoms with E-state index < -0.39 is 0 Å². The molecule has 0 spiro atoms. The number of ketones is 1. The largest absolute Gasteiger partial charge is 0.454 e. The molecule has 4 nitrogen and oxygen atoms in total. The number of nitrogens with one attached hydrogen (secondary N) is 1. The second kappa shape index (κ2) is 3.96. The molecule has 0 aliphatic rings. The van der Waals surface area contributed by atoms with Gasteiger partial charge in [-0.25, -0.2) is 0 Å². The highest BCUT2D eigenvalue weighted by atomic mass is 16.5. The van der Waals surface area contributed by atoms with E-state index in [0.29, 0.717) is 17.1 Å². The van der Waals surface area contributed by atoms with Crippen molar-refractivity contribution in [3.05, 3.63) is 42.2 Å². The number of nitrogens with zero attached hydrogens (tertiary/aromatic N) is 1. The minimum absolute atomic E-state index is 0.0210. The van der Waals surface area contributed by atoms with E-state index in [1.165, 1.54) is 6.92 Å². The molecule has 0 saturated carbocycles. The minimum Gasteiger partial charge on any atom is -0.454 e. The van der Waals surface area contributed by atoms with Gasteiger partial charge in [0.25, 0.3) is 0 Å². The van der Waals surface area contributed by atoms with Crippen LogP contribution in [0, 0.1) is 0 Å². The van der Waals surface area contributed by atoms with Crippen LogP contribution in [-0.4, -0.2) is 16.0 Å². The molecule has 15 heavy (non-hydrogen) atoms. The lowest BCUT2D eigenvalue weighted by atomic mass is 10.1. The van der Waals surface area contributed by atoms with Gasteiger partial charge in [-0.1, -0.05) is 12.1 Å². The van der Waals surface area contributed by atoms with Gasteiger partial charge in [-0.15, -0.1) is 0 Å². The van der Waals surface area contributed by atoms with Crippen molar-refractivity contribution >= 4 is 5.78 Å². The predicted octanol–water partition coefficient (Wildman–Crippen LogP) is 2.40. The van der Waals surface area contributed by atoms with Gasteiger partial charge in [-0.05, 0) is 19.1 Å². The third-order valence-electron chi connectivity index (χ3n) is 1.95. The monoisotopic (exact) mass is 202 g/mol. The van der Waals surface area contributed by atoms with Crippen LogP contribution in [0.2, 0.25) is 0 Å². The highest BCUT2D eigenvalue weighted by Crippen LogP contribution is 2.20. The Labute approximate surface area is 86.9 Å². The van der Waals surface area contributed by atoms with Gasteiger partial charge in [0.05, 0.1) is 12.4 Å². The SMILES string of the molecule is CC(=O)c1cccc(Oc2cn[nH]c2)c1. The summed E-state index contributed by atoms with van der Waals surface area (Å²) in [6, 6.07) is 7.03. The molecule has 0 amide bonds. The fourth-order valence-corrected chi connectivity index (χ4v) is 1.21. The zero-order valence-electron chi connectivity index (χ0n) is 8.23. The molecule has 0 aliphatic carbocycles. The van der Waals surface area contributed by atoms with Crippen LogP contribution < -0.4 is 4.74 Å². The molecular formula is C11H10N2O2. The van der Waals surface area contributed by atoms with E-state index in [1.54, 1.807) is 36.7 Å². The molecule has 0 radical (unpaired) electrons. The summed E-state index contributed by atoms with van der Waals surface area (Å²) >= 11 is 0. The van der Waals surface area contributed by atoms with Crippen LogP contribution in [-0.2, 0) is 0 Å². The normalized spacial score (nSPS) is 9.93. The first kappa shape index (κ1) is 9.45. The molecule has 76 valence electrons. The molecule has 2 rings (SSSR count). The summed E-state index contributed by atoms with van der Waals surface area (Å²) in [6.45, 7) is 1.52. The summed E-state index contributed by atoms with van der Waals surface area (Å²) in [5, 5.41) is 6.40. The van der Waals surface area contributed by atoms with Gasteiger partial charge in [-0.3, -0.25) is 9.89 Å². The summed E-state index contributed by atoms with van der Waals surface area (Å²) in [4.78, 5) is 11.1. The maximum atomic E-state index is 11.1. The molecule has 0 saturated heterocycles. The van der Waals surface area contributed by atoms with Crippen LogP contribution in [0.3, 0.4) is 0 Å². The van der Waals surface area contributed by atoms with Gasteiger partial charge in [0.2, 0.25) is 0 Å². The molecule has 0 bridgehead atoms. The number of aromatic amines is 1. The number of carbonyl (C=O) groups is 1. The zero-order valence-corrected chi connectivity index (χ0v) is 8.23. The molecule has 0 aliphatic heterocycles. The molecule has 0 atom stereocenters. The van der Waals surface area contributed by atoms with Crippen LogP contribution in [0.4, 0.5) is 0 Å². The van der Waals surface area contributed by atoms with E-state index in [4.69, 9.17) is 4.74 Å². The second-order valence-corrected chi connectivity index (χ2v) is 3.12. The molecular weight excluding hydrogens is 192 g/mol. The molecule has 0 unspecified atom stereocenters. The molecule has 0 fully saturated rings. The van der Waals surface area contributed by atoms with Crippen LogP contribution in [0.5, 0.6) is 11.5 Å². The van der Waals surface area contributed by atoms with Crippen LogP contribution in [0.1, 0.15) is 17.3 Å². The summed E-state index contributed by atoms with van der Waals surface area (Å²) in [5.41, 5.74) is 0.635. The maximum Gasteiger partial charge on any atom is 0.165 e. The Balaban J connectivity index is 2.22. The summed E-state index contributed by atoms with van der Waals surface area (Å²) in [5.74, 6) is 1.27. The van der Waals surface area contributed by atoms with Gasteiger partial charge < -0.3 is 4.74 Å². The van der Waals surface area contributed by atoms with Gasteiger partial charge in [0.1, 0.15) is 5.75 Å². The number of hydrogen-bond donors (Lipinski definition) is 1. The lowest BCUT2D eigenvalue weighted by molar-refractivity contribution is 0.101. The minimum atomic E-state index is 0.0210. The first-order valence-electron chi connectivity index (χ1n) is 4.53. The molecule has 1 N–H and O–H groups in total. The summed E-state index contributed by atoms with van der Waals surface area (Å²) in [7, 11) is 0. The third-order valence-corrected chi connectivity index (χ3v) is 1.95. The van der Waals surface area contributed by atoms with E-state index >= 15 is 0 Å². The first-order chi connectivity index (χ1) is 7.25. The standard InChI is InChI=1S/C11H10N2O2/c1-8(14)9-3-2-4-10(5-9)15-11-6-12-13-7-11/h2-7H,1H3,(H,12,13). The van der Waals surface area contributed by atoms with Crippen molar-refractivity contribution in [2.24, 2.45) is 0 Å². The quantitative estimate of drug-likeness (QED) is 0.777. The number of ether oxygens (including phenoxy) is 1.